The monoisotopic (exact) mass is 338 g/mol. The molecule has 5 rings (SSSR count). The van der Waals surface area contributed by atoms with Crippen molar-refractivity contribution in [1.82, 2.24) is 9.88 Å². The first-order valence-electron chi connectivity index (χ1n) is 9.29. The van der Waals surface area contributed by atoms with Crippen molar-refractivity contribution in [1.29, 1.82) is 0 Å². The first kappa shape index (κ1) is 15.5. The summed E-state index contributed by atoms with van der Waals surface area (Å²) in [6.45, 7) is 3.30. The minimum absolute atomic E-state index is 0.482. The Morgan fingerprint density at radius 1 is 1.04 bits per heavy atom. The van der Waals surface area contributed by atoms with E-state index in [4.69, 9.17) is 0 Å². The number of nitrogens with zero attached hydrogens (tertiary/aromatic N) is 1. The van der Waals surface area contributed by atoms with E-state index in [1.165, 1.54) is 27.6 Å². The van der Waals surface area contributed by atoms with E-state index >= 15 is 0 Å². The lowest BCUT2D eigenvalue weighted by molar-refractivity contribution is 0.224. The summed E-state index contributed by atoms with van der Waals surface area (Å²) in [7, 11) is 2.25. The summed E-state index contributed by atoms with van der Waals surface area (Å²) < 4.78 is 0. The van der Waals surface area contributed by atoms with Crippen LogP contribution in [0.4, 0.5) is 0 Å². The topological polar surface area (TPSA) is 19.0 Å². The predicted octanol–water partition coefficient (Wildman–Crippen LogP) is 4.47. The fourth-order valence-corrected chi connectivity index (χ4v) is 4.64. The van der Waals surface area contributed by atoms with Crippen LogP contribution in [0.15, 0.2) is 60.2 Å². The molecule has 0 unspecified atom stereocenters. The number of aromatic nitrogens is 1. The quantitative estimate of drug-likeness (QED) is 0.473. The summed E-state index contributed by atoms with van der Waals surface area (Å²) in [5.41, 5.74) is 7.65. The van der Waals surface area contributed by atoms with Crippen molar-refractivity contribution in [2.45, 2.75) is 25.3 Å². The van der Waals surface area contributed by atoms with E-state index in [9.17, 15) is 0 Å². The third-order valence-electron chi connectivity index (χ3n) is 5.78. The molecule has 26 heavy (non-hydrogen) atoms. The van der Waals surface area contributed by atoms with Gasteiger partial charge in [0.1, 0.15) is 0 Å². The Bertz CT molecular complexity index is 1080. The number of rotatable bonds is 0. The maximum Gasteiger partial charge on any atom is 0.0941 e. The highest BCUT2D eigenvalue weighted by molar-refractivity contribution is 5.91. The summed E-state index contributed by atoms with van der Waals surface area (Å²) in [4.78, 5) is 6.09. The molecule has 1 aliphatic heterocycles. The average Bonchev–Trinajstić information content (AvgIpc) is 3.01. The smallest absolute Gasteiger partial charge is 0.0941 e. The lowest BCUT2D eigenvalue weighted by Gasteiger charge is -2.40. The van der Waals surface area contributed by atoms with Crippen LogP contribution in [-0.4, -0.2) is 29.5 Å². The molecule has 2 aliphatic rings. The molecule has 2 atom stereocenters. The van der Waals surface area contributed by atoms with Crippen molar-refractivity contribution in [3.05, 3.63) is 82.6 Å². The lowest BCUT2D eigenvalue weighted by atomic mass is 9.76. The predicted molar refractivity (Wildman–Crippen MR) is 107 cm³/mol. The molecule has 3 aromatic rings. The number of nitrogens with one attached hydrogen (secondary N) is 1. The molecular formula is C24H22N2. The number of aromatic amines is 1. The molecule has 2 nitrogen and oxygen atoms in total. The van der Waals surface area contributed by atoms with Gasteiger partial charge in [0.25, 0.3) is 0 Å². The largest absolute Gasteiger partial charge is 0.348 e. The number of benzene rings is 2. The summed E-state index contributed by atoms with van der Waals surface area (Å²) in [6, 6.07) is 17.4. The van der Waals surface area contributed by atoms with Crippen LogP contribution < -0.4 is 0 Å². The van der Waals surface area contributed by atoms with E-state index < -0.39 is 0 Å². The molecule has 1 aromatic heterocycles. The first-order valence-corrected chi connectivity index (χ1v) is 9.29. The van der Waals surface area contributed by atoms with E-state index in [0.717, 1.165) is 24.2 Å². The van der Waals surface area contributed by atoms with Crippen molar-refractivity contribution in [3.63, 3.8) is 0 Å². The Kier molecular flexibility index (Phi) is 3.51. The molecular weight excluding hydrogens is 316 g/mol. The van der Waals surface area contributed by atoms with Crippen LogP contribution in [0.3, 0.4) is 0 Å². The standard InChI is InChI=1S/C24H22N2/c1-16-13-19-18-9-6-10-22-24(18)20(14-23(19)26(2)15-16)21(25-22)12-11-17-7-4-3-5-8-17/h3-10,13,19,23,25H,14-15H2,1-2H3/t19-,23-/m1/s1. The zero-order valence-corrected chi connectivity index (χ0v) is 15.2. The summed E-state index contributed by atoms with van der Waals surface area (Å²) in [6.07, 6.45) is 3.53. The molecule has 128 valence electrons. The molecule has 0 saturated heterocycles. The van der Waals surface area contributed by atoms with Gasteiger partial charge < -0.3 is 4.98 Å². The minimum Gasteiger partial charge on any atom is -0.348 e. The minimum atomic E-state index is 0.482. The number of fused-ring (bicyclic) bond motifs is 2. The number of hydrogen-bond acceptors (Lipinski definition) is 1. The van der Waals surface area contributed by atoms with E-state index in [1.54, 1.807) is 0 Å². The highest BCUT2D eigenvalue weighted by atomic mass is 15.1. The molecule has 0 amide bonds. The van der Waals surface area contributed by atoms with Gasteiger partial charge in [-0.2, -0.15) is 0 Å². The molecule has 2 heterocycles. The van der Waals surface area contributed by atoms with E-state index in [-0.39, 0.29) is 0 Å². The molecule has 0 fully saturated rings. The summed E-state index contributed by atoms with van der Waals surface area (Å²) in [5, 5.41) is 1.39. The first-order chi connectivity index (χ1) is 12.7. The molecule has 0 saturated carbocycles. The Morgan fingerprint density at radius 2 is 1.88 bits per heavy atom. The normalized spacial score (nSPS) is 21.7. The van der Waals surface area contributed by atoms with Gasteiger partial charge in [0.15, 0.2) is 0 Å². The maximum atomic E-state index is 3.59. The second-order valence-corrected chi connectivity index (χ2v) is 7.59. The van der Waals surface area contributed by atoms with Crippen molar-refractivity contribution < 1.29 is 0 Å². The molecule has 0 bridgehead atoms. The zero-order valence-electron chi connectivity index (χ0n) is 15.2. The van der Waals surface area contributed by atoms with Crippen LogP contribution in [0, 0.1) is 11.8 Å². The van der Waals surface area contributed by atoms with Gasteiger partial charge in [-0.25, -0.2) is 0 Å². The molecule has 2 heteroatoms. The second-order valence-electron chi connectivity index (χ2n) is 7.59. The van der Waals surface area contributed by atoms with Crippen LogP contribution in [0.25, 0.3) is 10.9 Å². The Hall–Kier alpha value is -2.76. The van der Waals surface area contributed by atoms with Gasteiger partial charge in [-0.15, -0.1) is 0 Å². The van der Waals surface area contributed by atoms with E-state index in [0.29, 0.717) is 12.0 Å². The zero-order chi connectivity index (χ0) is 17.7. The van der Waals surface area contributed by atoms with Crippen molar-refractivity contribution in [2.75, 3.05) is 13.6 Å². The maximum absolute atomic E-state index is 3.59. The fraction of sp³-hybridized carbons (Fsp3) is 0.250. The van der Waals surface area contributed by atoms with Crippen LogP contribution >= 0.6 is 0 Å². The molecule has 1 aliphatic carbocycles. The van der Waals surface area contributed by atoms with Crippen LogP contribution in [0.2, 0.25) is 0 Å². The van der Waals surface area contributed by atoms with E-state index in [2.05, 4.69) is 72.1 Å². The van der Waals surface area contributed by atoms with Gasteiger partial charge in [-0.1, -0.05) is 47.9 Å². The van der Waals surface area contributed by atoms with E-state index in [1.807, 2.05) is 18.2 Å². The second kappa shape index (κ2) is 5.90. The van der Waals surface area contributed by atoms with Crippen LogP contribution in [0.1, 0.15) is 35.2 Å². The van der Waals surface area contributed by atoms with Gasteiger partial charge in [0.05, 0.1) is 5.69 Å². The highest BCUT2D eigenvalue weighted by Gasteiger charge is 2.36. The third-order valence-corrected chi connectivity index (χ3v) is 5.78. The number of hydrogen-bond donors (Lipinski definition) is 1. The van der Waals surface area contributed by atoms with Gasteiger partial charge >= 0.3 is 0 Å². The van der Waals surface area contributed by atoms with Crippen molar-refractivity contribution in [3.8, 4) is 11.8 Å². The SMILES string of the molecule is CC1=C[C@@H]2c3cccc4[nH]c(C#Cc5ccccc5)c(c34)C[C@H]2N(C)C1. The van der Waals surface area contributed by atoms with Gasteiger partial charge in [0.2, 0.25) is 0 Å². The summed E-state index contributed by atoms with van der Waals surface area (Å²) >= 11 is 0. The molecule has 1 N–H and O–H groups in total. The Balaban J connectivity index is 1.68. The molecule has 2 aromatic carbocycles. The highest BCUT2D eigenvalue weighted by Crippen LogP contribution is 2.42. The third kappa shape index (κ3) is 2.40. The molecule has 0 spiro atoms. The Morgan fingerprint density at radius 3 is 2.73 bits per heavy atom. The van der Waals surface area contributed by atoms with Gasteiger partial charge in [0, 0.05) is 35.0 Å². The Labute approximate surface area is 154 Å². The number of likely N-dealkylation sites (N-methyl/N-ethyl adjacent to an activating group) is 1. The fourth-order valence-electron chi connectivity index (χ4n) is 4.64. The van der Waals surface area contributed by atoms with Crippen LogP contribution in [0.5, 0.6) is 0 Å². The summed E-state index contributed by atoms with van der Waals surface area (Å²) in [5.74, 6) is 7.22. The van der Waals surface area contributed by atoms with Crippen molar-refractivity contribution in [2.24, 2.45) is 0 Å². The van der Waals surface area contributed by atoms with Crippen LogP contribution in [-0.2, 0) is 6.42 Å². The number of H-pyrrole nitrogens is 1. The van der Waals surface area contributed by atoms with Crippen molar-refractivity contribution >= 4 is 10.9 Å². The van der Waals surface area contributed by atoms with Gasteiger partial charge in [-0.05, 0) is 55.6 Å². The lowest BCUT2D eigenvalue weighted by Crippen LogP contribution is -2.43. The van der Waals surface area contributed by atoms with Gasteiger partial charge in [-0.3, -0.25) is 4.90 Å². The molecule has 0 radical (unpaired) electrons. The average molecular weight is 338 g/mol.